The molecular formula is C11H10N2O3S. The summed E-state index contributed by atoms with van der Waals surface area (Å²) in [5, 5.41) is 21.6. The van der Waals surface area contributed by atoms with Crippen LogP contribution in [-0.4, -0.2) is 15.0 Å². The highest BCUT2D eigenvalue weighted by Gasteiger charge is 2.29. The Labute approximate surface area is 101 Å². The van der Waals surface area contributed by atoms with Crippen molar-refractivity contribution in [1.29, 1.82) is 0 Å². The van der Waals surface area contributed by atoms with Crippen LogP contribution >= 0.6 is 11.3 Å². The molecule has 0 atom stereocenters. The molecule has 88 valence electrons. The van der Waals surface area contributed by atoms with Gasteiger partial charge >= 0.3 is 5.69 Å². The number of nitro groups is 1. The number of hydrogen-bond acceptors (Lipinski definition) is 5. The molecule has 1 aromatic heterocycles. The molecule has 0 bridgehead atoms. The van der Waals surface area contributed by atoms with Crippen molar-refractivity contribution >= 4 is 27.2 Å². The highest BCUT2D eigenvalue weighted by atomic mass is 32.1. The molecule has 0 saturated heterocycles. The molecule has 1 aliphatic carbocycles. The molecule has 1 heterocycles. The van der Waals surface area contributed by atoms with Gasteiger partial charge < -0.3 is 5.11 Å². The van der Waals surface area contributed by atoms with Gasteiger partial charge in [0.25, 0.3) is 0 Å². The summed E-state index contributed by atoms with van der Waals surface area (Å²) in [6.45, 7) is 1.69. The lowest BCUT2D eigenvalue weighted by Gasteiger charge is -2.00. The van der Waals surface area contributed by atoms with E-state index in [1.165, 1.54) is 17.4 Å². The molecule has 5 nitrogen and oxygen atoms in total. The summed E-state index contributed by atoms with van der Waals surface area (Å²) < 4.78 is 0.856. The number of rotatable bonds is 2. The lowest BCUT2D eigenvalue weighted by atomic mass is 10.2. The predicted octanol–water partition coefficient (Wildman–Crippen LogP) is 3.10. The van der Waals surface area contributed by atoms with Crippen LogP contribution in [0, 0.1) is 17.0 Å². The Morgan fingerprint density at radius 1 is 1.59 bits per heavy atom. The van der Waals surface area contributed by atoms with Crippen LogP contribution in [0.5, 0.6) is 5.75 Å². The first-order valence-corrected chi connectivity index (χ1v) is 6.17. The summed E-state index contributed by atoms with van der Waals surface area (Å²) in [5.74, 6) is 0.279. The molecule has 1 fully saturated rings. The SMILES string of the molecule is Cc1c(O)c([N+](=O)[O-])cc2nc(C3CC3)sc12. The van der Waals surface area contributed by atoms with E-state index >= 15 is 0 Å². The second-order valence-corrected chi connectivity index (χ2v) is 5.33. The van der Waals surface area contributed by atoms with E-state index in [0.29, 0.717) is 17.0 Å². The molecule has 1 N–H and O–H groups in total. The minimum absolute atomic E-state index is 0.242. The normalized spacial score (nSPS) is 15.4. The van der Waals surface area contributed by atoms with Crippen LogP contribution in [0.15, 0.2) is 6.07 Å². The van der Waals surface area contributed by atoms with Crippen molar-refractivity contribution in [1.82, 2.24) is 4.98 Å². The Kier molecular flexibility index (Phi) is 2.09. The van der Waals surface area contributed by atoms with Crippen LogP contribution in [0.4, 0.5) is 5.69 Å². The van der Waals surface area contributed by atoms with Crippen LogP contribution in [0.3, 0.4) is 0 Å². The van der Waals surface area contributed by atoms with E-state index in [9.17, 15) is 15.2 Å². The summed E-state index contributed by atoms with van der Waals surface area (Å²) in [5.41, 5.74) is 0.917. The largest absolute Gasteiger partial charge is 0.502 e. The van der Waals surface area contributed by atoms with Gasteiger partial charge in [-0.3, -0.25) is 10.1 Å². The number of nitro benzene ring substituents is 1. The minimum Gasteiger partial charge on any atom is -0.502 e. The van der Waals surface area contributed by atoms with Gasteiger partial charge in [-0.1, -0.05) is 0 Å². The Morgan fingerprint density at radius 2 is 2.29 bits per heavy atom. The van der Waals surface area contributed by atoms with Crippen molar-refractivity contribution in [3.8, 4) is 5.75 Å². The predicted molar refractivity (Wildman–Crippen MR) is 64.7 cm³/mol. The van der Waals surface area contributed by atoms with Crippen molar-refractivity contribution in [2.75, 3.05) is 0 Å². The number of benzene rings is 1. The second-order valence-electron chi connectivity index (χ2n) is 4.30. The molecule has 0 unspecified atom stereocenters. The number of aromatic nitrogens is 1. The average Bonchev–Trinajstić information content (AvgIpc) is 3.04. The summed E-state index contributed by atoms with van der Waals surface area (Å²) >= 11 is 1.54. The first-order chi connectivity index (χ1) is 8.08. The van der Waals surface area contributed by atoms with Gasteiger partial charge in [-0.2, -0.15) is 0 Å². The van der Waals surface area contributed by atoms with Crippen LogP contribution in [0.2, 0.25) is 0 Å². The molecule has 0 radical (unpaired) electrons. The van der Waals surface area contributed by atoms with Gasteiger partial charge in [-0.15, -0.1) is 11.3 Å². The van der Waals surface area contributed by atoms with Crippen LogP contribution in [0.1, 0.15) is 29.3 Å². The second kappa shape index (κ2) is 3.40. The van der Waals surface area contributed by atoms with Crippen LogP contribution in [-0.2, 0) is 0 Å². The topological polar surface area (TPSA) is 76.3 Å². The van der Waals surface area contributed by atoms with E-state index in [0.717, 1.165) is 22.5 Å². The Balaban J connectivity index is 2.27. The van der Waals surface area contributed by atoms with E-state index in [1.54, 1.807) is 6.92 Å². The smallest absolute Gasteiger partial charge is 0.313 e. The third kappa shape index (κ3) is 1.56. The maximum Gasteiger partial charge on any atom is 0.313 e. The molecule has 1 aliphatic rings. The molecular weight excluding hydrogens is 240 g/mol. The molecule has 0 spiro atoms. The third-order valence-electron chi connectivity index (χ3n) is 3.01. The summed E-state index contributed by atoms with van der Waals surface area (Å²) in [7, 11) is 0. The fourth-order valence-corrected chi connectivity index (χ4v) is 3.07. The van der Waals surface area contributed by atoms with E-state index in [1.807, 2.05) is 0 Å². The zero-order valence-electron chi connectivity index (χ0n) is 9.14. The number of hydrogen-bond donors (Lipinski definition) is 1. The molecule has 0 aliphatic heterocycles. The maximum atomic E-state index is 10.8. The molecule has 17 heavy (non-hydrogen) atoms. The van der Waals surface area contributed by atoms with Crippen molar-refractivity contribution in [2.45, 2.75) is 25.7 Å². The maximum absolute atomic E-state index is 10.8. The number of phenolic OH excluding ortho intramolecular Hbond substituents is 1. The monoisotopic (exact) mass is 250 g/mol. The van der Waals surface area contributed by atoms with E-state index in [4.69, 9.17) is 0 Å². The number of thiazole rings is 1. The lowest BCUT2D eigenvalue weighted by molar-refractivity contribution is -0.385. The van der Waals surface area contributed by atoms with Gasteiger partial charge in [0.05, 0.1) is 20.1 Å². The summed E-state index contributed by atoms with van der Waals surface area (Å²) in [6, 6.07) is 1.36. The van der Waals surface area contributed by atoms with E-state index in [2.05, 4.69) is 4.98 Å². The van der Waals surface area contributed by atoms with Crippen LogP contribution in [0.25, 0.3) is 10.2 Å². The molecule has 1 aromatic carbocycles. The minimum atomic E-state index is -0.572. The highest BCUT2D eigenvalue weighted by molar-refractivity contribution is 7.18. The number of aromatic hydroxyl groups is 1. The van der Waals surface area contributed by atoms with Gasteiger partial charge in [0.15, 0.2) is 5.75 Å². The van der Waals surface area contributed by atoms with Gasteiger partial charge in [-0.25, -0.2) is 4.98 Å². The quantitative estimate of drug-likeness (QED) is 0.656. The first-order valence-electron chi connectivity index (χ1n) is 5.35. The fourth-order valence-electron chi connectivity index (χ4n) is 1.86. The molecule has 3 rings (SSSR count). The Hall–Kier alpha value is -1.69. The summed E-state index contributed by atoms with van der Waals surface area (Å²) in [6.07, 6.45) is 2.29. The van der Waals surface area contributed by atoms with Gasteiger partial charge in [0, 0.05) is 17.5 Å². The fraction of sp³-hybridized carbons (Fsp3) is 0.364. The Bertz CT molecular complexity index is 631. The lowest BCUT2D eigenvalue weighted by Crippen LogP contribution is -1.90. The standard InChI is InChI=1S/C11H10N2O3S/c1-5-9(14)8(13(15)16)4-7-10(5)17-11(12-7)6-2-3-6/h4,6,14H,2-3H2,1H3. The molecule has 1 saturated carbocycles. The summed E-state index contributed by atoms with van der Waals surface area (Å²) in [4.78, 5) is 14.6. The zero-order valence-corrected chi connectivity index (χ0v) is 9.95. The average molecular weight is 250 g/mol. The highest BCUT2D eigenvalue weighted by Crippen LogP contribution is 2.46. The van der Waals surface area contributed by atoms with Gasteiger partial charge in [-0.05, 0) is 19.8 Å². The molecule has 0 amide bonds. The molecule has 6 heteroatoms. The number of aryl methyl sites for hydroxylation is 1. The van der Waals surface area contributed by atoms with Crippen molar-refractivity contribution < 1.29 is 10.0 Å². The van der Waals surface area contributed by atoms with Crippen molar-refractivity contribution in [3.63, 3.8) is 0 Å². The van der Waals surface area contributed by atoms with Crippen LogP contribution < -0.4 is 0 Å². The van der Waals surface area contributed by atoms with Gasteiger partial charge in [0.2, 0.25) is 0 Å². The number of nitrogens with zero attached hydrogens (tertiary/aromatic N) is 2. The first kappa shape index (κ1) is 10.5. The third-order valence-corrected chi connectivity index (χ3v) is 4.36. The Morgan fingerprint density at radius 3 is 2.88 bits per heavy atom. The number of fused-ring (bicyclic) bond motifs is 1. The van der Waals surface area contributed by atoms with E-state index < -0.39 is 4.92 Å². The number of phenols is 1. The van der Waals surface area contributed by atoms with Crippen molar-refractivity contribution in [3.05, 3.63) is 26.8 Å². The van der Waals surface area contributed by atoms with Crippen molar-refractivity contribution in [2.24, 2.45) is 0 Å². The van der Waals surface area contributed by atoms with Gasteiger partial charge in [0.1, 0.15) is 0 Å². The molecule has 2 aromatic rings. The van der Waals surface area contributed by atoms with E-state index in [-0.39, 0.29) is 11.4 Å². The zero-order chi connectivity index (χ0) is 12.2.